The van der Waals surface area contributed by atoms with Gasteiger partial charge < -0.3 is 4.74 Å². The Morgan fingerprint density at radius 1 is 1.55 bits per heavy atom. The summed E-state index contributed by atoms with van der Waals surface area (Å²) in [4.78, 5) is 10.1. The molecule has 0 aliphatic rings. The molecule has 0 aromatic heterocycles. The first-order valence-corrected chi connectivity index (χ1v) is 3.43. The molecule has 0 saturated heterocycles. The van der Waals surface area contributed by atoms with Crippen LogP contribution in [0, 0.1) is 4.91 Å². The van der Waals surface area contributed by atoms with E-state index >= 15 is 0 Å². The Bertz CT molecular complexity index is 248. The summed E-state index contributed by atoms with van der Waals surface area (Å²) in [5.74, 6) is 0.685. The minimum absolute atomic E-state index is 0.399. The van der Waals surface area contributed by atoms with Crippen molar-refractivity contribution in [3.63, 3.8) is 0 Å². The third-order valence-corrected chi connectivity index (χ3v) is 1.23. The quantitative estimate of drug-likeness (QED) is 0.622. The summed E-state index contributed by atoms with van der Waals surface area (Å²) in [5, 5.41) is 2.78. The number of benzene rings is 1. The summed E-state index contributed by atoms with van der Waals surface area (Å²) in [6, 6.07) is 6.77. The van der Waals surface area contributed by atoms with Gasteiger partial charge in [-0.25, -0.2) is 0 Å². The number of nitrogens with zero attached hydrogens (tertiary/aromatic N) is 1. The van der Waals surface area contributed by atoms with Crippen LogP contribution in [-0.2, 0) is 0 Å². The van der Waals surface area contributed by atoms with Gasteiger partial charge in [0.2, 0.25) is 0 Å². The highest BCUT2D eigenvalue weighted by atomic mass is 16.5. The molecule has 1 rings (SSSR count). The first-order valence-electron chi connectivity index (χ1n) is 3.43. The summed E-state index contributed by atoms with van der Waals surface area (Å²) in [5.41, 5.74) is 0.399. The molecule has 0 bridgehead atoms. The molecule has 0 atom stereocenters. The van der Waals surface area contributed by atoms with Crippen molar-refractivity contribution in [1.29, 1.82) is 0 Å². The van der Waals surface area contributed by atoms with Gasteiger partial charge in [0, 0.05) is 6.07 Å². The molecule has 0 unspecified atom stereocenters. The van der Waals surface area contributed by atoms with Crippen molar-refractivity contribution in [1.82, 2.24) is 0 Å². The molecule has 58 valence electrons. The highest BCUT2D eigenvalue weighted by molar-refractivity contribution is 5.42. The minimum Gasteiger partial charge on any atom is -0.494 e. The van der Waals surface area contributed by atoms with E-state index < -0.39 is 0 Å². The number of hydrogen-bond acceptors (Lipinski definition) is 3. The molecular formula is C8H9NO2. The first-order chi connectivity index (χ1) is 5.36. The molecule has 0 aliphatic carbocycles. The maximum absolute atomic E-state index is 10.1. The van der Waals surface area contributed by atoms with E-state index in [9.17, 15) is 4.91 Å². The van der Waals surface area contributed by atoms with Crippen molar-refractivity contribution in [2.75, 3.05) is 6.61 Å². The van der Waals surface area contributed by atoms with Crippen LogP contribution in [0.1, 0.15) is 6.92 Å². The Morgan fingerprint density at radius 3 is 3.00 bits per heavy atom. The predicted octanol–water partition coefficient (Wildman–Crippen LogP) is 2.48. The third-order valence-electron chi connectivity index (χ3n) is 1.23. The van der Waals surface area contributed by atoms with Gasteiger partial charge in [0.15, 0.2) is 0 Å². The van der Waals surface area contributed by atoms with E-state index in [1.807, 2.05) is 6.92 Å². The fraction of sp³-hybridized carbons (Fsp3) is 0.250. The minimum atomic E-state index is 0.399. The van der Waals surface area contributed by atoms with Crippen LogP contribution in [-0.4, -0.2) is 6.61 Å². The molecule has 1 aromatic rings. The highest BCUT2D eigenvalue weighted by Gasteiger charge is 1.93. The lowest BCUT2D eigenvalue weighted by Crippen LogP contribution is -1.89. The molecule has 0 spiro atoms. The van der Waals surface area contributed by atoms with Gasteiger partial charge in [0.05, 0.1) is 6.61 Å². The molecule has 11 heavy (non-hydrogen) atoms. The number of hydrogen-bond donors (Lipinski definition) is 0. The Kier molecular flexibility index (Phi) is 2.60. The number of ether oxygens (including phenoxy) is 1. The molecule has 0 amide bonds. The fourth-order valence-electron chi connectivity index (χ4n) is 0.797. The second-order valence-electron chi connectivity index (χ2n) is 2.02. The van der Waals surface area contributed by atoms with Gasteiger partial charge >= 0.3 is 0 Å². The molecule has 0 aliphatic heterocycles. The monoisotopic (exact) mass is 151 g/mol. The van der Waals surface area contributed by atoms with E-state index in [0.717, 1.165) is 0 Å². The maximum atomic E-state index is 10.1. The average Bonchev–Trinajstić information content (AvgIpc) is 2.06. The zero-order valence-corrected chi connectivity index (χ0v) is 6.28. The van der Waals surface area contributed by atoms with E-state index in [4.69, 9.17) is 4.74 Å². The van der Waals surface area contributed by atoms with Gasteiger partial charge in [0.1, 0.15) is 11.4 Å². The van der Waals surface area contributed by atoms with Gasteiger partial charge in [-0.1, -0.05) is 6.07 Å². The number of nitroso groups, excluding NO2 is 1. The molecule has 0 saturated carbocycles. The first kappa shape index (κ1) is 7.72. The van der Waals surface area contributed by atoms with E-state index in [1.165, 1.54) is 0 Å². The Hall–Kier alpha value is -1.38. The summed E-state index contributed by atoms with van der Waals surface area (Å²) >= 11 is 0. The topological polar surface area (TPSA) is 38.7 Å². The van der Waals surface area contributed by atoms with E-state index in [-0.39, 0.29) is 0 Å². The number of rotatable bonds is 3. The van der Waals surface area contributed by atoms with E-state index in [1.54, 1.807) is 24.3 Å². The van der Waals surface area contributed by atoms with E-state index in [2.05, 4.69) is 5.18 Å². The van der Waals surface area contributed by atoms with Crippen LogP contribution in [0.3, 0.4) is 0 Å². The van der Waals surface area contributed by atoms with Gasteiger partial charge in [-0.05, 0) is 24.2 Å². The fourth-order valence-corrected chi connectivity index (χ4v) is 0.797. The third kappa shape index (κ3) is 2.04. The Morgan fingerprint density at radius 2 is 2.36 bits per heavy atom. The lowest BCUT2D eigenvalue weighted by Gasteiger charge is -2.00. The van der Waals surface area contributed by atoms with Crippen molar-refractivity contribution < 1.29 is 4.74 Å². The zero-order chi connectivity index (χ0) is 8.10. The van der Waals surface area contributed by atoms with Crippen LogP contribution in [0.5, 0.6) is 5.75 Å². The van der Waals surface area contributed by atoms with Crippen LogP contribution in [0.25, 0.3) is 0 Å². The normalized spacial score (nSPS) is 9.18. The second-order valence-corrected chi connectivity index (χ2v) is 2.02. The molecule has 0 fully saturated rings. The Labute approximate surface area is 65.0 Å². The molecule has 0 heterocycles. The summed E-state index contributed by atoms with van der Waals surface area (Å²) in [6.07, 6.45) is 0. The van der Waals surface area contributed by atoms with Crippen LogP contribution >= 0.6 is 0 Å². The van der Waals surface area contributed by atoms with Crippen molar-refractivity contribution in [3.05, 3.63) is 29.2 Å². The Balaban J connectivity index is 2.82. The smallest absolute Gasteiger partial charge is 0.121 e. The lowest BCUT2D eigenvalue weighted by atomic mass is 10.3. The lowest BCUT2D eigenvalue weighted by molar-refractivity contribution is 0.340. The van der Waals surface area contributed by atoms with Crippen LogP contribution in [0.4, 0.5) is 5.69 Å². The summed E-state index contributed by atoms with van der Waals surface area (Å²) in [6.45, 7) is 2.49. The molecular weight excluding hydrogens is 142 g/mol. The van der Waals surface area contributed by atoms with Crippen LogP contribution in [0.2, 0.25) is 0 Å². The molecule has 3 heteroatoms. The van der Waals surface area contributed by atoms with Gasteiger partial charge in [-0.15, -0.1) is 4.91 Å². The van der Waals surface area contributed by atoms with Crippen molar-refractivity contribution >= 4 is 5.69 Å². The van der Waals surface area contributed by atoms with E-state index in [0.29, 0.717) is 18.0 Å². The highest BCUT2D eigenvalue weighted by Crippen LogP contribution is 2.18. The predicted molar refractivity (Wildman–Crippen MR) is 43.1 cm³/mol. The van der Waals surface area contributed by atoms with Crippen molar-refractivity contribution in [2.24, 2.45) is 5.18 Å². The van der Waals surface area contributed by atoms with Gasteiger partial charge in [0.25, 0.3) is 0 Å². The molecule has 1 aromatic carbocycles. The van der Waals surface area contributed by atoms with Crippen molar-refractivity contribution in [3.8, 4) is 5.75 Å². The average molecular weight is 151 g/mol. The van der Waals surface area contributed by atoms with Crippen LogP contribution < -0.4 is 4.74 Å². The second kappa shape index (κ2) is 3.71. The SMILES string of the molecule is CCOc1cccc(N=O)c1. The largest absolute Gasteiger partial charge is 0.494 e. The molecule has 0 radical (unpaired) electrons. The van der Waals surface area contributed by atoms with Gasteiger partial charge in [-0.3, -0.25) is 0 Å². The zero-order valence-electron chi connectivity index (χ0n) is 6.28. The molecule has 3 nitrogen and oxygen atoms in total. The van der Waals surface area contributed by atoms with Crippen molar-refractivity contribution in [2.45, 2.75) is 6.92 Å². The van der Waals surface area contributed by atoms with Gasteiger partial charge in [-0.2, -0.15) is 0 Å². The molecule has 0 N–H and O–H groups in total. The maximum Gasteiger partial charge on any atom is 0.121 e. The van der Waals surface area contributed by atoms with Crippen LogP contribution in [0.15, 0.2) is 29.4 Å². The standard InChI is InChI=1S/C8H9NO2/c1-2-11-8-5-3-4-7(6-8)9-10/h3-6H,2H2,1H3. The summed E-state index contributed by atoms with van der Waals surface area (Å²) < 4.78 is 5.15. The summed E-state index contributed by atoms with van der Waals surface area (Å²) in [7, 11) is 0.